The van der Waals surface area contributed by atoms with E-state index in [1.165, 1.54) is 19.4 Å². The third kappa shape index (κ3) is 3.09. The number of carbonyl (C=O) groups is 1. The van der Waals surface area contributed by atoms with Gasteiger partial charge in [-0.1, -0.05) is 0 Å². The smallest absolute Gasteiger partial charge is 0.303 e. The molecule has 0 unspecified atom stereocenters. The maximum Gasteiger partial charge on any atom is 0.303 e. The van der Waals surface area contributed by atoms with Crippen LogP contribution in [0.5, 0.6) is 11.5 Å². The molecule has 0 bridgehead atoms. The van der Waals surface area contributed by atoms with E-state index in [4.69, 9.17) is 12.2 Å². The summed E-state index contributed by atoms with van der Waals surface area (Å²) in [5, 5.41) is 9.58. The summed E-state index contributed by atoms with van der Waals surface area (Å²) < 4.78 is 54.0. The first-order valence-electron chi connectivity index (χ1n) is 9.56. The summed E-state index contributed by atoms with van der Waals surface area (Å²) >= 11 is 0. The molecule has 1 aliphatic rings. The number of carboxylic acids is 1. The monoisotopic (exact) mass is 403 g/mol. The van der Waals surface area contributed by atoms with E-state index in [1.807, 2.05) is 0 Å². The molecule has 3 aromatic rings. The Balaban J connectivity index is 1.89. The number of hydrogen-bond acceptors (Lipinski definition) is 5. The Morgan fingerprint density at radius 3 is 2.89 bits per heavy atom. The number of aryl methyl sites for hydroxylation is 1. The van der Waals surface area contributed by atoms with Crippen LogP contribution in [0, 0.1) is 0 Å². The van der Waals surface area contributed by atoms with Gasteiger partial charge in [-0.15, -0.1) is 0 Å². The van der Waals surface area contributed by atoms with Crippen LogP contribution in [0.15, 0.2) is 47.5 Å². The van der Waals surface area contributed by atoms with Gasteiger partial charge in [0.25, 0.3) is 10.0 Å². The van der Waals surface area contributed by atoms with Crippen LogP contribution in [0.4, 0.5) is 0 Å². The Hall–Kier alpha value is -3.00. The first kappa shape index (κ1) is 16.0. The Labute approximate surface area is 165 Å². The molecular weight excluding hydrogens is 382 g/mol. The van der Waals surface area contributed by atoms with Gasteiger partial charge >= 0.3 is 5.97 Å². The van der Waals surface area contributed by atoms with Crippen LogP contribution < -0.4 is 9.47 Å². The molecule has 2 aromatic carbocycles. The zero-order valence-electron chi connectivity index (χ0n) is 17.0. The summed E-state index contributed by atoms with van der Waals surface area (Å²) in [7, 11) is -2.56. The highest BCUT2D eigenvalue weighted by molar-refractivity contribution is 7.90. The molecule has 1 aliphatic heterocycles. The van der Waals surface area contributed by atoms with Crippen LogP contribution in [0.2, 0.25) is 0 Å². The van der Waals surface area contributed by atoms with Crippen LogP contribution in [0.3, 0.4) is 0 Å². The van der Waals surface area contributed by atoms with Crippen molar-refractivity contribution >= 4 is 26.9 Å². The van der Waals surface area contributed by atoms with Crippen molar-refractivity contribution < 1.29 is 30.5 Å². The van der Waals surface area contributed by atoms with Crippen LogP contribution in [0.25, 0.3) is 10.9 Å². The predicted octanol–water partition coefficient (Wildman–Crippen LogP) is 2.84. The minimum atomic E-state index is -4.01. The number of ether oxygens (including phenoxy) is 2. The highest BCUT2D eigenvalue weighted by Gasteiger charge is 2.24. The fourth-order valence-corrected chi connectivity index (χ4v) is 4.76. The quantitative estimate of drug-likeness (QED) is 0.680. The van der Waals surface area contributed by atoms with Crippen molar-refractivity contribution in [1.82, 2.24) is 3.97 Å². The van der Waals surface area contributed by atoms with E-state index in [0.29, 0.717) is 35.4 Å². The van der Waals surface area contributed by atoms with E-state index >= 15 is 0 Å². The molecule has 0 aliphatic carbocycles. The fraction of sp³-hybridized carbons (Fsp3) is 0.250. The molecular formula is C20H19NO6S. The minimum absolute atomic E-state index is 0.0762. The lowest BCUT2D eigenvalue weighted by Crippen LogP contribution is -2.12. The molecule has 7 nitrogen and oxygen atoms in total. The number of rotatable bonds is 6. The number of aliphatic carboxylic acids is 1. The third-order valence-electron chi connectivity index (χ3n) is 4.71. The molecule has 4 rings (SSSR count). The van der Waals surface area contributed by atoms with Crippen molar-refractivity contribution in [2.45, 2.75) is 24.1 Å². The summed E-state index contributed by atoms with van der Waals surface area (Å²) in [5.41, 5.74) is 1.37. The predicted molar refractivity (Wildman–Crippen MR) is 103 cm³/mol. The number of methoxy groups -OCH3 is 1. The number of hydrogen-bond donors (Lipinski definition) is 1. The molecule has 0 atom stereocenters. The highest BCUT2D eigenvalue weighted by atomic mass is 32.2. The summed E-state index contributed by atoms with van der Waals surface area (Å²) in [6.45, 7) is 0.500. The summed E-state index contributed by atoms with van der Waals surface area (Å²) in [5.74, 6) is -0.511. The maximum atomic E-state index is 13.4. The summed E-state index contributed by atoms with van der Waals surface area (Å²) in [4.78, 5) is 11.4. The van der Waals surface area contributed by atoms with Gasteiger partial charge in [0.05, 0.1) is 24.1 Å². The maximum absolute atomic E-state index is 13.4. The lowest BCUT2D eigenvalue weighted by Gasteiger charge is -2.09. The number of nitrogens with zero attached hydrogens (tertiary/aromatic N) is 1. The van der Waals surface area contributed by atoms with Gasteiger partial charge in [-0.05, 0) is 53.9 Å². The van der Waals surface area contributed by atoms with Gasteiger partial charge in [0, 0.05) is 27.1 Å². The Kier molecular flexibility index (Phi) is 3.92. The molecule has 146 valence electrons. The van der Waals surface area contributed by atoms with Crippen LogP contribution in [-0.4, -0.2) is 37.2 Å². The van der Waals surface area contributed by atoms with Crippen molar-refractivity contribution in [2.24, 2.45) is 0 Å². The molecule has 1 aromatic heterocycles. The van der Waals surface area contributed by atoms with Crippen molar-refractivity contribution in [1.29, 1.82) is 0 Å². The molecule has 0 radical (unpaired) electrons. The molecule has 0 amide bonds. The highest BCUT2D eigenvalue weighted by Crippen LogP contribution is 2.32. The molecule has 28 heavy (non-hydrogen) atoms. The second-order valence-electron chi connectivity index (χ2n) is 6.36. The van der Waals surface area contributed by atoms with Gasteiger partial charge < -0.3 is 14.6 Å². The van der Waals surface area contributed by atoms with E-state index in [-0.39, 0.29) is 10.5 Å². The average Bonchev–Trinajstić information content (AvgIpc) is 3.31. The second-order valence-corrected chi connectivity index (χ2v) is 8.18. The molecule has 0 spiro atoms. The van der Waals surface area contributed by atoms with Crippen molar-refractivity contribution in [3.05, 3.63) is 53.7 Å². The summed E-state index contributed by atoms with van der Waals surface area (Å²) in [6, 6.07) is 9.38. The van der Waals surface area contributed by atoms with E-state index < -0.39 is 28.8 Å². The number of benzene rings is 2. The van der Waals surface area contributed by atoms with Crippen LogP contribution in [0.1, 0.15) is 20.2 Å². The standard InChI is InChI=1S/C20H19NO6S/c1-26-15-3-5-18-17(11-15)14(2-7-20(22)23)12-21(18)28(24,25)16-4-6-19-13(10-16)8-9-27-19/h3-6,10-12H,2,7-9H2,1H3,(H,22,23)/i7D2. The van der Waals surface area contributed by atoms with E-state index in [1.54, 1.807) is 30.3 Å². The zero-order chi connectivity index (χ0) is 21.7. The van der Waals surface area contributed by atoms with Gasteiger partial charge in [0.2, 0.25) is 0 Å². The van der Waals surface area contributed by atoms with Crippen molar-refractivity contribution in [3.8, 4) is 11.5 Å². The van der Waals surface area contributed by atoms with E-state index in [2.05, 4.69) is 0 Å². The number of carboxylic acid groups (broad SMARTS) is 1. The normalized spacial score (nSPS) is 14.9. The first-order chi connectivity index (χ1) is 14.1. The van der Waals surface area contributed by atoms with Crippen molar-refractivity contribution in [2.75, 3.05) is 13.7 Å². The lowest BCUT2D eigenvalue weighted by molar-refractivity contribution is -0.136. The Morgan fingerprint density at radius 1 is 1.32 bits per heavy atom. The van der Waals surface area contributed by atoms with Crippen LogP contribution >= 0.6 is 0 Å². The average molecular weight is 403 g/mol. The van der Waals surface area contributed by atoms with E-state index in [9.17, 15) is 18.3 Å². The topological polar surface area (TPSA) is 94.8 Å². The molecule has 1 N–H and O–H groups in total. The molecule has 0 fully saturated rings. The first-order valence-corrected chi connectivity index (χ1v) is 10.0. The van der Waals surface area contributed by atoms with Gasteiger partial charge in [0.15, 0.2) is 0 Å². The zero-order valence-corrected chi connectivity index (χ0v) is 15.8. The third-order valence-corrected chi connectivity index (χ3v) is 6.38. The van der Waals surface area contributed by atoms with Gasteiger partial charge in [-0.2, -0.15) is 0 Å². The van der Waals surface area contributed by atoms with Gasteiger partial charge in [-0.3, -0.25) is 4.79 Å². The second kappa shape index (κ2) is 6.87. The molecule has 0 saturated heterocycles. The Bertz CT molecular complexity index is 1270. The minimum Gasteiger partial charge on any atom is -0.497 e. The molecule has 8 heteroatoms. The largest absolute Gasteiger partial charge is 0.497 e. The lowest BCUT2D eigenvalue weighted by atomic mass is 10.1. The van der Waals surface area contributed by atoms with Crippen molar-refractivity contribution in [3.63, 3.8) is 0 Å². The SMILES string of the molecule is [2H]C([2H])(Cc1cn(S(=O)(=O)c2ccc3c(c2)CCO3)c2ccc(OC)cc12)C(=O)O. The summed E-state index contributed by atoms with van der Waals surface area (Å²) in [6.07, 6.45) is -1.15. The van der Waals surface area contributed by atoms with Crippen LogP contribution in [-0.2, 0) is 27.7 Å². The fourth-order valence-electron chi connectivity index (χ4n) is 3.32. The number of fused-ring (bicyclic) bond motifs is 2. The van der Waals surface area contributed by atoms with Gasteiger partial charge in [0.1, 0.15) is 11.5 Å². The van der Waals surface area contributed by atoms with E-state index in [0.717, 1.165) is 9.54 Å². The molecule has 2 heterocycles. The molecule has 0 saturated carbocycles. The van der Waals surface area contributed by atoms with Gasteiger partial charge in [-0.25, -0.2) is 12.4 Å². The Morgan fingerprint density at radius 2 is 2.14 bits per heavy atom. The number of aromatic nitrogens is 1.